The van der Waals surface area contributed by atoms with Crippen molar-refractivity contribution in [3.05, 3.63) is 60.2 Å². The maximum Gasteiger partial charge on any atom is 0.319 e. The van der Waals surface area contributed by atoms with Crippen molar-refractivity contribution in [2.24, 2.45) is 5.92 Å². The van der Waals surface area contributed by atoms with Gasteiger partial charge in [0, 0.05) is 32.1 Å². The summed E-state index contributed by atoms with van der Waals surface area (Å²) in [5.41, 5.74) is 2.60. The summed E-state index contributed by atoms with van der Waals surface area (Å²) >= 11 is 0. The number of hydrogen-bond donors (Lipinski definition) is 3. The fourth-order valence-electron chi connectivity index (χ4n) is 4.29. The number of urea groups is 1. The van der Waals surface area contributed by atoms with Crippen molar-refractivity contribution in [3.63, 3.8) is 0 Å². The van der Waals surface area contributed by atoms with Crippen LogP contribution in [0.2, 0.25) is 0 Å². The normalized spacial score (nSPS) is 20.6. The molecule has 3 rings (SSSR count). The van der Waals surface area contributed by atoms with Gasteiger partial charge in [0.05, 0.1) is 29.7 Å². The third-order valence-electron chi connectivity index (χ3n) is 5.62. The van der Waals surface area contributed by atoms with Crippen LogP contribution in [-0.4, -0.2) is 68.5 Å². The SMILES string of the molecule is C[C@@H]1CN(c2ccccc2NC(=O)NC[C@H](CN(C)C)[C@@H](O)c2ccccc2)C[C@H](C)O1. The second-order valence-corrected chi connectivity index (χ2v) is 8.89. The van der Waals surface area contributed by atoms with Crippen molar-refractivity contribution in [3.8, 4) is 0 Å². The molecule has 174 valence electrons. The number of aliphatic hydroxyl groups excluding tert-OH is 1. The van der Waals surface area contributed by atoms with Gasteiger partial charge in [0.1, 0.15) is 0 Å². The summed E-state index contributed by atoms with van der Waals surface area (Å²) in [4.78, 5) is 17.0. The van der Waals surface area contributed by atoms with Gasteiger partial charge < -0.3 is 30.3 Å². The summed E-state index contributed by atoms with van der Waals surface area (Å²) in [7, 11) is 3.93. The lowest BCUT2D eigenvalue weighted by atomic mass is 9.95. The Morgan fingerprint density at radius 3 is 2.38 bits per heavy atom. The molecule has 7 heteroatoms. The Balaban J connectivity index is 1.64. The van der Waals surface area contributed by atoms with E-state index < -0.39 is 6.10 Å². The van der Waals surface area contributed by atoms with Crippen LogP contribution in [0.3, 0.4) is 0 Å². The lowest BCUT2D eigenvalue weighted by molar-refractivity contribution is -0.00517. The lowest BCUT2D eigenvalue weighted by Crippen LogP contribution is -2.46. The first-order chi connectivity index (χ1) is 15.3. The largest absolute Gasteiger partial charge is 0.388 e. The standard InChI is InChI=1S/C25H36N4O3/c1-18-15-29(16-19(2)32-18)23-13-9-8-12-22(23)27-25(31)26-14-21(17-28(3)4)24(30)20-10-6-5-7-11-20/h5-13,18-19,21,24,30H,14-17H2,1-4H3,(H2,26,27,31)/t18-,19+,21-,24+/m1/s1. The van der Waals surface area contributed by atoms with Crippen molar-refractivity contribution < 1.29 is 14.6 Å². The molecule has 1 aliphatic rings. The van der Waals surface area contributed by atoms with Crippen molar-refractivity contribution >= 4 is 17.4 Å². The van der Waals surface area contributed by atoms with E-state index in [1.807, 2.05) is 73.6 Å². The van der Waals surface area contributed by atoms with E-state index in [-0.39, 0.29) is 24.2 Å². The zero-order chi connectivity index (χ0) is 23.1. The molecule has 0 saturated carbocycles. The highest BCUT2D eigenvalue weighted by molar-refractivity contribution is 5.93. The molecule has 1 fully saturated rings. The first kappa shape index (κ1) is 24.0. The van der Waals surface area contributed by atoms with Crippen LogP contribution in [0.15, 0.2) is 54.6 Å². The number of hydrogen-bond acceptors (Lipinski definition) is 5. The van der Waals surface area contributed by atoms with Gasteiger partial charge in [0.15, 0.2) is 0 Å². The third kappa shape index (κ3) is 6.69. The number of benzene rings is 2. The lowest BCUT2D eigenvalue weighted by Gasteiger charge is -2.37. The molecule has 0 bridgehead atoms. The molecular formula is C25H36N4O3. The van der Waals surface area contributed by atoms with Gasteiger partial charge in [0.2, 0.25) is 0 Å². The molecule has 2 aromatic carbocycles. The summed E-state index contributed by atoms with van der Waals surface area (Å²) in [6.45, 7) is 6.69. The van der Waals surface area contributed by atoms with Crippen LogP contribution in [0.25, 0.3) is 0 Å². The number of anilines is 2. The Bertz CT molecular complexity index is 851. The van der Waals surface area contributed by atoms with Crippen LogP contribution < -0.4 is 15.5 Å². The molecule has 0 unspecified atom stereocenters. The zero-order valence-corrected chi connectivity index (χ0v) is 19.5. The fraction of sp³-hybridized carbons (Fsp3) is 0.480. The predicted molar refractivity (Wildman–Crippen MR) is 129 cm³/mol. The summed E-state index contributed by atoms with van der Waals surface area (Å²) in [6, 6.07) is 17.1. The molecule has 2 amide bonds. The minimum Gasteiger partial charge on any atom is -0.388 e. The highest BCUT2D eigenvalue weighted by Crippen LogP contribution is 2.28. The monoisotopic (exact) mass is 440 g/mol. The Kier molecular flexibility index (Phi) is 8.50. The van der Waals surface area contributed by atoms with E-state index in [4.69, 9.17) is 4.74 Å². The number of nitrogens with zero attached hydrogens (tertiary/aromatic N) is 2. The number of carbonyl (C=O) groups excluding carboxylic acids is 1. The van der Waals surface area contributed by atoms with Crippen LogP contribution in [-0.2, 0) is 4.74 Å². The van der Waals surface area contributed by atoms with E-state index >= 15 is 0 Å². The van der Waals surface area contributed by atoms with Gasteiger partial charge in [0.25, 0.3) is 0 Å². The first-order valence-corrected chi connectivity index (χ1v) is 11.3. The Labute approximate surface area is 191 Å². The summed E-state index contributed by atoms with van der Waals surface area (Å²) < 4.78 is 5.85. The zero-order valence-electron chi connectivity index (χ0n) is 19.5. The van der Waals surface area contributed by atoms with Crippen molar-refractivity contribution in [1.29, 1.82) is 0 Å². The molecule has 4 atom stereocenters. The molecular weight excluding hydrogens is 404 g/mol. The van der Waals surface area contributed by atoms with Gasteiger partial charge in [-0.25, -0.2) is 4.79 Å². The fourth-order valence-corrected chi connectivity index (χ4v) is 4.29. The molecule has 2 aromatic rings. The van der Waals surface area contributed by atoms with Crippen molar-refractivity contribution in [1.82, 2.24) is 10.2 Å². The second kappa shape index (κ2) is 11.3. The van der Waals surface area contributed by atoms with Crippen LogP contribution in [0.1, 0.15) is 25.5 Å². The summed E-state index contributed by atoms with van der Waals surface area (Å²) in [6.07, 6.45) is -0.402. The highest BCUT2D eigenvalue weighted by Gasteiger charge is 2.25. The Morgan fingerprint density at radius 1 is 1.09 bits per heavy atom. The average Bonchev–Trinajstić information content (AvgIpc) is 2.76. The first-order valence-electron chi connectivity index (χ1n) is 11.3. The highest BCUT2D eigenvalue weighted by atomic mass is 16.5. The second-order valence-electron chi connectivity index (χ2n) is 8.89. The molecule has 0 aromatic heterocycles. The Morgan fingerprint density at radius 2 is 1.72 bits per heavy atom. The number of rotatable bonds is 8. The molecule has 3 N–H and O–H groups in total. The maximum atomic E-state index is 12.8. The molecule has 1 saturated heterocycles. The van der Waals surface area contributed by atoms with E-state index in [9.17, 15) is 9.90 Å². The number of carbonyl (C=O) groups is 1. The van der Waals surface area contributed by atoms with Gasteiger partial charge in [-0.05, 0) is 45.6 Å². The molecule has 1 aliphatic heterocycles. The van der Waals surface area contributed by atoms with Crippen LogP contribution >= 0.6 is 0 Å². The quantitative estimate of drug-likeness (QED) is 0.587. The van der Waals surface area contributed by atoms with E-state index in [2.05, 4.69) is 29.4 Å². The number of nitrogens with one attached hydrogen (secondary N) is 2. The van der Waals surface area contributed by atoms with Gasteiger partial charge >= 0.3 is 6.03 Å². The van der Waals surface area contributed by atoms with E-state index in [0.717, 1.165) is 30.0 Å². The van der Waals surface area contributed by atoms with Gasteiger partial charge in [-0.1, -0.05) is 42.5 Å². The molecule has 0 radical (unpaired) electrons. The number of amides is 2. The van der Waals surface area contributed by atoms with Gasteiger partial charge in [-0.2, -0.15) is 0 Å². The number of aliphatic hydroxyl groups is 1. The van der Waals surface area contributed by atoms with Crippen molar-refractivity contribution in [2.45, 2.75) is 32.2 Å². The third-order valence-corrected chi connectivity index (χ3v) is 5.62. The number of ether oxygens (including phenoxy) is 1. The van der Waals surface area contributed by atoms with Gasteiger partial charge in [-0.3, -0.25) is 0 Å². The predicted octanol–water partition coefficient (Wildman–Crippen LogP) is 3.33. The molecule has 0 aliphatic carbocycles. The Hall–Kier alpha value is -2.61. The minimum atomic E-state index is -0.664. The van der Waals surface area contributed by atoms with E-state index in [0.29, 0.717) is 13.1 Å². The van der Waals surface area contributed by atoms with Crippen LogP contribution in [0, 0.1) is 5.92 Å². The molecule has 7 nitrogen and oxygen atoms in total. The summed E-state index contributed by atoms with van der Waals surface area (Å²) in [5, 5.41) is 16.8. The topological polar surface area (TPSA) is 77.1 Å². The molecule has 32 heavy (non-hydrogen) atoms. The smallest absolute Gasteiger partial charge is 0.319 e. The van der Waals surface area contributed by atoms with Crippen LogP contribution in [0.5, 0.6) is 0 Å². The molecule has 1 heterocycles. The number of morpholine rings is 1. The van der Waals surface area contributed by atoms with Crippen molar-refractivity contribution in [2.75, 3.05) is 50.5 Å². The average molecular weight is 441 g/mol. The summed E-state index contributed by atoms with van der Waals surface area (Å²) in [5.74, 6) is -0.144. The minimum absolute atomic E-state index is 0.131. The maximum absolute atomic E-state index is 12.8. The van der Waals surface area contributed by atoms with E-state index in [1.165, 1.54) is 0 Å². The van der Waals surface area contributed by atoms with E-state index in [1.54, 1.807) is 0 Å². The van der Waals surface area contributed by atoms with Crippen LogP contribution in [0.4, 0.5) is 16.2 Å². The number of para-hydroxylation sites is 2. The molecule has 0 spiro atoms. The van der Waals surface area contributed by atoms with Gasteiger partial charge in [-0.15, -0.1) is 0 Å².